The van der Waals surface area contributed by atoms with Crippen molar-refractivity contribution in [3.05, 3.63) is 94.5 Å². The van der Waals surface area contributed by atoms with E-state index in [4.69, 9.17) is 16.3 Å². The molecule has 0 spiro atoms. The maximum Gasteiger partial charge on any atom is 0.335 e. The maximum absolute atomic E-state index is 12.4. The van der Waals surface area contributed by atoms with E-state index in [0.717, 1.165) is 11.3 Å². The largest absolute Gasteiger partial charge is 0.478 e. The number of rotatable bonds is 7. The lowest BCUT2D eigenvalue weighted by molar-refractivity contribution is -0.117. The van der Waals surface area contributed by atoms with Crippen LogP contribution >= 0.6 is 11.6 Å². The van der Waals surface area contributed by atoms with Gasteiger partial charge in [0.1, 0.15) is 17.3 Å². The second-order valence-corrected chi connectivity index (χ2v) is 6.49. The zero-order valence-corrected chi connectivity index (χ0v) is 15.1. The quantitative estimate of drug-likeness (QED) is 0.613. The normalized spacial score (nSPS) is 10.4. The summed E-state index contributed by atoms with van der Waals surface area (Å²) in [5.74, 6) is 0.261. The Labute approximate surface area is 162 Å². The van der Waals surface area contributed by atoms with E-state index in [9.17, 15) is 14.7 Å². The molecule has 0 aromatic heterocycles. The predicted molar refractivity (Wildman–Crippen MR) is 104 cm³/mol. The third-order valence-electron chi connectivity index (χ3n) is 3.99. The Morgan fingerprint density at radius 1 is 0.852 bits per heavy atom. The van der Waals surface area contributed by atoms with E-state index in [1.807, 2.05) is 42.5 Å². The predicted octanol–water partition coefficient (Wildman–Crippen LogP) is 5.18. The number of Topliss-reactive ketones (excluding diaryl/α,β-unsaturated/α-hetero) is 1. The van der Waals surface area contributed by atoms with Gasteiger partial charge in [-0.25, -0.2) is 4.79 Å². The number of para-hydroxylation sites is 1. The van der Waals surface area contributed by atoms with Gasteiger partial charge in [-0.2, -0.15) is 0 Å². The van der Waals surface area contributed by atoms with E-state index in [1.165, 1.54) is 18.2 Å². The molecule has 4 nitrogen and oxygen atoms in total. The molecule has 0 aliphatic carbocycles. The van der Waals surface area contributed by atoms with Crippen molar-refractivity contribution in [1.29, 1.82) is 0 Å². The minimum absolute atomic E-state index is 0.0183. The number of carbonyl (C=O) groups is 2. The minimum Gasteiger partial charge on any atom is -0.478 e. The molecule has 0 unspecified atom stereocenters. The molecule has 27 heavy (non-hydrogen) atoms. The van der Waals surface area contributed by atoms with Crippen LogP contribution in [0.3, 0.4) is 0 Å². The fourth-order valence-electron chi connectivity index (χ4n) is 2.72. The van der Waals surface area contributed by atoms with Crippen molar-refractivity contribution in [3.8, 4) is 11.5 Å². The van der Waals surface area contributed by atoms with Crippen molar-refractivity contribution < 1.29 is 19.4 Å². The third-order valence-corrected chi connectivity index (χ3v) is 4.22. The SMILES string of the molecule is O=C(Cc1ccc(Oc2ccccc2)cc1)Cc1cc(Cl)ccc1C(=O)O. The van der Waals surface area contributed by atoms with Crippen molar-refractivity contribution in [3.63, 3.8) is 0 Å². The van der Waals surface area contributed by atoms with E-state index >= 15 is 0 Å². The number of benzene rings is 3. The number of ether oxygens (including phenoxy) is 1. The smallest absolute Gasteiger partial charge is 0.335 e. The van der Waals surface area contributed by atoms with E-state index < -0.39 is 5.97 Å². The zero-order chi connectivity index (χ0) is 19.2. The molecule has 0 amide bonds. The van der Waals surface area contributed by atoms with Crippen LogP contribution in [-0.2, 0) is 17.6 Å². The van der Waals surface area contributed by atoms with E-state index in [2.05, 4.69) is 0 Å². The van der Waals surface area contributed by atoms with E-state index in [1.54, 1.807) is 12.1 Å². The van der Waals surface area contributed by atoms with Gasteiger partial charge in [0.05, 0.1) is 5.56 Å². The highest BCUT2D eigenvalue weighted by atomic mass is 35.5. The minimum atomic E-state index is -1.07. The topological polar surface area (TPSA) is 63.6 Å². The fourth-order valence-corrected chi connectivity index (χ4v) is 2.91. The Morgan fingerprint density at radius 3 is 2.19 bits per heavy atom. The molecule has 3 aromatic rings. The van der Waals surface area contributed by atoms with Crippen molar-refractivity contribution in [2.75, 3.05) is 0 Å². The second-order valence-electron chi connectivity index (χ2n) is 6.06. The highest BCUT2D eigenvalue weighted by molar-refractivity contribution is 6.30. The molecule has 0 bridgehead atoms. The summed E-state index contributed by atoms with van der Waals surface area (Å²) in [4.78, 5) is 23.7. The summed E-state index contributed by atoms with van der Waals surface area (Å²) in [5, 5.41) is 9.65. The molecule has 0 atom stereocenters. The number of carboxylic acids is 1. The Hall–Kier alpha value is -3.11. The zero-order valence-electron chi connectivity index (χ0n) is 14.4. The Kier molecular flexibility index (Phi) is 5.89. The lowest BCUT2D eigenvalue weighted by Gasteiger charge is -2.08. The average molecular weight is 381 g/mol. The number of halogens is 1. The van der Waals surface area contributed by atoms with Gasteiger partial charge in [-0.05, 0) is 53.6 Å². The summed E-state index contributed by atoms with van der Waals surface area (Å²) in [5.41, 5.74) is 1.35. The molecule has 0 fully saturated rings. The lowest BCUT2D eigenvalue weighted by atomic mass is 9.99. The molecular weight excluding hydrogens is 364 g/mol. The van der Waals surface area contributed by atoms with E-state index in [0.29, 0.717) is 16.3 Å². The lowest BCUT2D eigenvalue weighted by Crippen LogP contribution is -2.11. The van der Waals surface area contributed by atoms with Gasteiger partial charge in [0, 0.05) is 17.9 Å². The van der Waals surface area contributed by atoms with Crippen molar-refractivity contribution in [2.24, 2.45) is 0 Å². The first kappa shape index (κ1) is 18.7. The van der Waals surface area contributed by atoms with Crippen LogP contribution in [0.25, 0.3) is 0 Å². The van der Waals surface area contributed by atoms with Gasteiger partial charge < -0.3 is 9.84 Å². The van der Waals surface area contributed by atoms with Crippen molar-refractivity contribution >= 4 is 23.4 Å². The Bertz CT molecular complexity index is 950. The number of aromatic carboxylic acids is 1. The fraction of sp³-hybridized carbons (Fsp3) is 0.0909. The molecule has 0 aliphatic rings. The molecule has 3 aromatic carbocycles. The van der Waals surface area contributed by atoms with Gasteiger partial charge in [0.15, 0.2) is 0 Å². The Morgan fingerprint density at radius 2 is 1.52 bits per heavy atom. The summed E-state index contributed by atoms with van der Waals surface area (Å²) in [6.45, 7) is 0. The molecule has 1 N–H and O–H groups in total. The van der Waals surface area contributed by atoms with Crippen LogP contribution in [0.4, 0.5) is 0 Å². The first-order valence-electron chi connectivity index (χ1n) is 8.36. The summed E-state index contributed by atoms with van der Waals surface area (Å²) >= 11 is 5.93. The van der Waals surface area contributed by atoms with Crippen LogP contribution in [-0.4, -0.2) is 16.9 Å². The van der Waals surface area contributed by atoms with Crippen molar-refractivity contribution in [2.45, 2.75) is 12.8 Å². The molecule has 3 rings (SSSR count). The molecule has 0 heterocycles. The van der Waals surface area contributed by atoms with Gasteiger partial charge in [-0.1, -0.05) is 41.9 Å². The van der Waals surface area contributed by atoms with Crippen LogP contribution < -0.4 is 4.74 Å². The summed E-state index contributed by atoms with van der Waals surface area (Å²) in [6, 6.07) is 21.1. The standard InChI is InChI=1S/C22H17ClO4/c23-17-8-11-21(22(25)26)16(13-17)14-18(24)12-15-6-9-20(10-7-15)27-19-4-2-1-3-5-19/h1-11,13H,12,14H2,(H,25,26). The molecule has 0 saturated carbocycles. The highest BCUT2D eigenvalue weighted by Gasteiger charge is 2.14. The maximum atomic E-state index is 12.4. The summed E-state index contributed by atoms with van der Waals surface area (Å²) in [6.07, 6.45) is 0.224. The molecule has 5 heteroatoms. The van der Waals surface area contributed by atoms with Crippen LogP contribution in [0.2, 0.25) is 5.02 Å². The first-order valence-corrected chi connectivity index (χ1v) is 8.74. The van der Waals surface area contributed by atoms with Crippen molar-refractivity contribution in [1.82, 2.24) is 0 Å². The van der Waals surface area contributed by atoms with Gasteiger partial charge in [-0.15, -0.1) is 0 Å². The van der Waals surface area contributed by atoms with Crippen LogP contribution in [0.15, 0.2) is 72.8 Å². The molecule has 0 radical (unpaired) electrons. The molecule has 136 valence electrons. The monoisotopic (exact) mass is 380 g/mol. The molecular formula is C22H17ClO4. The van der Waals surface area contributed by atoms with Crippen LogP contribution in [0.5, 0.6) is 11.5 Å². The average Bonchev–Trinajstić information content (AvgIpc) is 2.64. The van der Waals surface area contributed by atoms with Crippen LogP contribution in [0.1, 0.15) is 21.5 Å². The first-order chi connectivity index (χ1) is 13.0. The number of carboxylic acid groups (broad SMARTS) is 1. The molecule has 0 saturated heterocycles. The number of hydrogen-bond donors (Lipinski definition) is 1. The van der Waals surface area contributed by atoms with Crippen LogP contribution in [0, 0.1) is 0 Å². The highest BCUT2D eigenvalue weighted by Crippen LogP contribution is 2.22. The molecule has 0 aliphatic heterocycles. The van der Waals surface area contributed by atoms with Gasteiger partial charge in [0.25, 0.3) is 0 Å². The Balaban J connectivity index is 1.65. The number of carbonyl (C=O) groups excluding carboxylic acids is 1. The number of hydrogen-bond acceptors (Lipinski definition) is 3. The van der Waals surface area contributed by atoms with E-state index in [-0.39, 0.29) is 24.2 Å². The van der Waals surface area contributed by atoms with Gasteiger partial charge >= 0.3 is 5.97 Å². The van der Waals surface area contributed by atoms with Gasteiger partial charge in [0.2, 0.25) is 0 Å². The third kappa shape index (κ3) is 5.19. The summed E-state index contributed by atoms with van der Waals surface area (Å²) in [7, 11) is 0. The second kappa shape index (κ2) is 8.52. The van der Waals surface area contributed by atoms with Gasteiger partial charge in [-0.3, -0.25) is 4.79 Å². The number of ketones is 1. The summed E-state index contributed by atoms with van der Waals surface area (Å²) < 4.78 is 5.72.